The lowest BCUT2D eigenvalue weighted by atomic mass is 10.1. The molecule has 1 unspecified atom stereocenters. The Labute approximate surface area is 276 Å². The lowest BCUT2D eigenvalue weighted by molar-refractivity contribution is -0.119. The number of benzene rings is 2. The molecule has 254 valence electrons. The fourth-order valence-electron chi connectivity index (χ4n) is 4.98. The van der Waals surface area contributed by atoms with E-state index in [-0.39, 0.29) is 12.2 Å². The largest absolute Gasteiger partial charge is 0.444 e. The number of aryl methyl sites for hydroxylation is 2. The number of aromatic nitrogens is 1. The Morgan fingerprint density at radius 2 is 1.78 bits per heavy atom. The van der Waals surface area contributed by atoms with E-state index in [4.69, 9.17) is 9.47 Å². The summed E-state index contributed by atoms with van der Waals surface area (Å²) in [5.74, 6) is 0. The highest BCUT2D eigenvalue weighted by Crippen LogP contribution is 2.28. The Hall–Kier alpha value is -3.85. The zero-order valence-electron chi connectivity index (χ0n) is 29.3. The summed E-state index contributed by atoms with van der Waals surface area (Å²) in [5, 5.41) is 3.91. The Morgan fingerprint density at radius 3 is 2.35 bits per heavy atom. The fourth-order valence-corrected chi connectivity index (χ4v) is 4.98. The van der Waals surface area contributed by atoms with Gasteiger partial charge in [0.2, 0.25) is 12.8 Å². The van der Waals surface area contributed by atoms with Gasteiger partial charge in [-0.3, -0.25) is 9.59 Å². The number of nitrogens with zero attached hydrogens (tertiary/aromatic N) is 3. The first kappa shape index (κ1) is 38.3. The predicted octanol–water partition coefficient (Wildman–Crippen LogP) is 7.08. The standard InChI is InChI=1S/C17H22N2O.C10H19NO3.C8H9NO.C2H6/c1-3-8-18-10-13(2)16-7-4-14(9-17(16)18)11-19(12-20)15-5-6-15;1-8-7-11(5-6-13-8)9(12)14-10(2,3)4;10-7-9-6-8-4-2-1-3-5-8;1-2/h4,7,9-10,12,15H,3,5-6,8,11H2,1-2H3;8H,5-7H2,1-4H3;1-5,7H,6H2,(H,9,10);1-2H3. The number of rotatable bonds is 9. The van der Waals surface area contributed by atoms with E-state index in [9.17, 15) is 14.4 Å². The number of nitrogens with one attached hydrogen (secondary N) is 1. The molecule has 46 heavy (non-hydrogen) atoms. The van der Waals surface area contributed by atoms with Gasteiger partial charge in [0.15, 0.2) is 0 Å². The van der Waals surface area contributed by atoms with Crippen molar-refractivity contribution in [3.8, 4) is 0 Å². The molecule has 1 N–H and O–H groups in total. The summed E-state index contributed by atoms with van der Waals surface area (Å²) < 4.78 is 12.9. The summed E-state index contributed by atoms with van der Waals surface area (Å²) in [6, 6.07) is 16.9. The summed E-state index contributed by atoms with van der Waals surface area (Å²) in [4.78, 5) is 36.2. The van der Waals surface area contributed by atoms with Gasteiger partial charge in [-0.2, -0.15) is 0 Å². The monoisotopic (exact) mass is 636 g/mol. The first-order valence-electron chi connectivity index (χ1n) is 16.6. The summed E-state index contributed by atoms with van der Waals surface area (Å²) in [6.45, 7) is 20.2. The lowest BCUT2D eigenvalue weighted by Crippen LogP contribution is -2.46. The number of hydrogen-bond donors (Lipinski definition) is 1. The Kier molecular flexibility index (Phi) is 16.3. The van der Waals surface area contributed by atoms with Crippen LogP contribution in [0, 0.1) is 6.92 Å². The van der Waals surface area contributed by atoms with Crippen LogP contribution in [0.25, 0.3) is 10.9 Å². The average molecular weight is 637 g/mol. The van der Waals surface area contributed by atoms with E-state index in [0.717, 1.165) is 44.3 Å². The van der Waals surface area contributed by atoms with Crippen LogP contribution in [0.1, 0.15) is 84.4 Å². The molecule has 0 bridgehead atoms. The molecule has 1 saturated heterocycles. The molecule has 1 aliphatic heterocycles. The number of fused-ring (bicyclic) bond motifs is 1. The van der Waals surface area contributed by atoms with Crippen LogP contribution in [0.2, 0.25) is 0 Å². The maximum absolute atomic E-state index is 11.6. The van der Waals surface area contributed by atoms with Gasteiger partial charge in [0.1, 0.15) is 5.60 Å². The van der Waals surface area contributed by atoms with Crippen molar-refractivity contribution in [1.29, 1.82) is 0 Å². The van der Waals surface area contributed by atoms with Crippen molar-refractivity contribution in [2.45, 2.75) is 112 Å². The zero-order valence-corrected chi connectivity index (χ0v) is 29.3. The highest BCUT2D eigenvalue weighted by atomic mass is 16.6. The SMILES string of the molecule is CC.CC1CN(C(=O)OC(C)(C)C)CCO1.CCCn1cc(C)c2ccc(CN(C=O)C3CC3)cc21.O=CNCc1ccccc1. The van der Waals surface area contributed by atoms with Crippen molar-refractivity contribution < 1.29 is 23.9 Å². The molecule has 1 atom stereocenters. The highest BCUT2D eigenvalue weighted by Gasteiger charge is 2.28. The minimum atomic E-state index is -0.418. The fraction of sp³-hybridized carbons (Fsp3) is 0.541. The number of ether oxygens (including phenoxy) is 2. The second-order valence-corrected chi connectivity index (χ2v) is 12.5. The van der Waals surface area contributed by atoms with Gasteiger partial charge in [0.25, 0.3) is 0 Å². The Morgan fingerprint density at radius 1 is 1.09 bits per heavy atom. The molecule has 2 aromatic carbocycles. The third-order valence-electron chi connectivity index (χ3n) is 7.25. The minimum Gasteiger partial charge on any atom is -0.444 e. The third kappa shape index (κ3) is 13.3. The van der Waals surface area contributed by atoms with E-state index < -0.39 is 5.60 Å². The molecule has 0 radical (unpaired) electrons. The molecule has 0 spiro atoms. The summed E-state index contributed by atoms with van der Waals surface area (Å²) in [7, 11) is 0. The van der Waals surface area contributed by atoms with E-state index in [1.165, 1.54) is 22.0 Å². The van der Waals surface area contributed by atoms with E-state index in [2.05, 4.69) is 48.1 Å². The van der Waals surface area contributed by atoms with E-state index in [0.29, 0.717) is 38.7 Å². The van der Waals surface area contributed by atoms with Gasteiger partial charge >= 0.3 is 6.09 Å². The first-order valence-corrected chi connectivity index (χ1v) is 16.6. The molecule has 9 nitrogen and oxygen atoms in total. The van der Waals surface area contributed by atoms with Crippen molar-refractivity contribution >= 4 is 29.8 Å². The normalized spacial score (nSPS) is 15.6. The van der Waals surface area contributed by atoms with Crippen molar-refractivity contribution in [2.24, 2.45) is 0 Å². The zero-order chi connectivity index (χ0) is 34.1. The van der Waals surface area contributed by atoms with Gasteiger partial charge < -0.3 is 29.2 Å². The van der Waals surface area contributed by atoms with Crippen LogP contribution >= 0.6 is 0 Å². The molecule has 3 amide bonds. The van der Waals surface area contributed by atoms with Crippen LogP contribution in [0.5, 0.6) is 0 Å². The topological polar surface area (TPSA) is 93.1 Å². The van der Waals surface area contributed by atoms with Gasteiger partial charge in [0.05, 0.1) is 19.3 Å². The van der Waals surface area contributed by atoms with E-state index in [1.54, 1.807) is 4.90 Å². The number of morpholine rings is 1. The molecular weight excluding hydrogens is 580 g/mol. The number of hydrogen-bond acceptors (Lipinski definition) is 5. The minimum absolute atomic E-state index is 0.108. The molecule has 5 rings (SSSR count). The highest BCUT2D eigenvalue weighted by molar-refractivity contribution is 5.84. The quantitative estimate of drug-likeness (QED) is 0.254. The molecule has 3 aromatic rings. The van der Waals surface area contributed by atoms with Crippen molar-refractivity contribution in [2.75, 3.05) is 19.7 Å². The van der Waals surface area contributed by atoms with Crippen LogP contribution in [-0.2, 0) is 38.7 Å². The van der Waals surface area contributed by atoms with Crippen LogP contribution in [0.4, 0.5) is 4.79 Å². The predicted molar refractivity (Wildman–Crippen MR) is 186 cm³/mol. The van der Waals surface area contributed by atoms with Crippen LogP contribution in [0.15, 0.2) is 54.7 Å². The first-order chi connectivity index (χ1) is 22.0. The third-order valence-corrected chi connectivity index (χ3v) is 7.25. The lowest BCUT2D eigenvalue weighted by Gasteiger charge is -2.32. The van der Waals surface area contributed by atoms with Gasteiger partial charge in [-0.25, -0.2) is 4.79 Å². The molecule has 1 aliphatic carbocycles. The maximum Gasteiger partial charge on any atom is 0.410 e. The number of carbonyl (C=O) groups excluding carboxylic acids is 3. The van der Waals surface area contributed by atoms with Crippen LogP contribution in [0.3, 0.4) is 0 Å². The maximum atomic E-state index is 11.6. The Bertz CT molecular complexity index is 1330. The van der Waals surface area contributed by atoms with Gasteiger partial charge in [-0.15, -0.1) is 0 Å². The molecule has 9 heteroatoms. The van der Waals surface area contributed by atoms with Gasteiger partial charge in [0, 0.05) is 49.3 Å². The van der Waals surface area contributed by atoms with E-state index >= 15 is 0 Å². The smallest absolute Gasteiger partial charge is 0.410 e. The van der Waals surface area contributed by atoms with Crippen LogP contribution < -0.4 is 5.32 Å². The average Bonchev–Trinajstić information content (AvgIpc) is 3.84. The second-order valence-electron chi connectivity index (χ2n) is 12.5. The molecule has 1 saturated carbocycles. The Balaban J connectivity index is 0.000000248. The molecule has 2 fully saturated rings. The second kappa shape index (κ2) is 19.6. The van der Waals surface area contributed by atoms with Crippen molar-refractivity contribution in [1.82, 2.24) is 19.7 Å². The van der Waals surface area contributed by atoms with E-state index in [1.807, 2.05) is 76.8 Å². The van der Waals surface area contributed by atoms with Crippen molar-refractivity contribution in [3.05, 3.63) is 71.4 Å². The number of amides is 3. The molecular formula is C37H56N4O5. The van der Waals surface area contributed by atoms with Gasteiger partial charge in [-0.1, -0.05) is 63.2 Å². The van der Waals surface area contributed by atoms with Gasteiger partial charge in [-0.05, 0) is 76.6 Å². The van der Waals surface area contributed by atoms with Crippen molar-refractivity contribution in [3.63, 3.8) is 0 Å². The summed E-state index contributed by atoms with van der Waals surface area (Å²) in [6.07, 6.45) is 7.25. The molecule has 2 aliphatic rings. The molecule has 2 heterocycles. The summed E-state index contributed by atoms with van der Waals surface area (Å²) in [5.41, 5.74) is 4.55. The molecule has 1 aromatic heterocycles. The number of carbonyl (C=O) groups is 3. The summed E-state index contributed by atoms with van der Waals surface area (Å²) >= 11 is 0. The van der Waals surface area contributed by atoms with Crippen LogP contribution in [-0.4, -0.2) is 70.7 Å².